The number of carbonyl (C=O) groups is 2. The molecule has 6 nitrogen and oxygen atoms in total. The van der Waals surface area contributed by atoms with Crippen LogP contribution in [0.15, 0.2) is 48.5 Å². The van der Waals surface area contributed by atoms with Gasteiger partial charge in [-0.05, 0) is 48.2 Å². The number of hydrogen-bond acceptors (Lipinski definition) is 4. The fraction of sp³-hybridized carbons (Fsp3) is 0.417. The molecule has 2 atom stereocenters. The van der Waals surface area contributed by atoms with Crippen molar-refractivity contribution in [2.24, 2.45) is 5.92 Å². The quantitative estimate of drug-likeness (QED) is 0.742. The first-order valence-corrected chi connectivity index (χ1v) is 10.7. The Hall–Kier alpha value is -2.77. The highest BCUT2D eigenvalue weighted by atomic mass is 19.1. The minimum absolute atomic E-state index is 0.0440. The van der Waals surface area contributed by atoms with Gasteiger partial charge in [-0.2, -0.15) is 0 Å². The van der Waals surface area contributed by atoms with Crippen molar-refractivity contribution in [3.05, 3.63) is 65.5 Å². The van der Waals surface area contributed by atoms with Gasteiger partial charge in [0.15, 0.2) is 0 Å². The number of nitrogens with one attached hydrogen (secondary N) is 1. The fourth-order valence-electron chi connectivity index (χ4n) is 4.30. The second-order valence-corrected chi connectivity index (χ2v) is 8.27. The number of benzene rings is 2. The topological polar surface area (TPSA) is 78.9 Å². The molecular weight excluding hydrogens is 399 g/mol. The lowest BCUT2D eigenvalue weighted by Gasteiger charge is -2.38. The highest BCUT2D eigenvalue weighted by Crippen LogP contribution is 2.28. The predicted molar refractivity (Wildman–Crippen MR) is 114 cm³/mol. The average Bonchev–Trinajstić information content (AvgIpc) is 3.32. The van der Waals surface area contributed by atoms with Crippen LogP contribution in [0, 0.1) is 11.7 Å². The summed E-state index contributed by atoms with van der Waals surface area (Å²) in [6.45, 7) is 0.421. The number of aliphatic hydroxyl groups is 1. The molecule has 2 aliphatic rings. The smallest absolute Gasteiger partial charge is 0.249 e. The largest absolute Gasteiger partial charge is 0.386 e. The van der Waals surface area contributed by atoms with Crippen LogP contribution in [-0.4, -0.2) is 41.1 Å². The number of carbonyl (C=O) groups excluding carboxylic acids is 2. The number of anilines is 1. The number of rotatable bonds is 6. The van der Waals surface area contributed by atoms with E-state index in [2.05, 4.69) is 5.32 Å². The Balaban J connectivity index is 1.44. The van der Waals surface area contributed by atoms with Crippen LogP contribution in [0.4, 0.5) is 10.1 Å². The standard InChI is InChI=1S/C24H27FN2O4/c25-19-9-5-16(6-10-19)13-27-21(14-31-15-22(27)28)23(29)17-7-11-20(12-8-17)26-24(30)18-3-1-2-4-18/h5-12,18,21,23,29H,1-4,13-15H2,(H,26,30)/t21-,23-/m1/s1. The van der Waals surface area contributed by atoms with Crippen LogP contribution < -0.4 is 5.32 Å². The average molecular weight is 426 g/mol. The Kier molecular flexibility index (Phi) is 6.63. The Morgan fingerprint density at radius 1 is 1.13 bits per heavy atom. The third-order valence-electron chi connectivity index (χ3n) is 6.11. The summed E-state index contributed by atoms with van der Waals surface area (Å²) in [6, 6.07) is 12.4. The number of halogens is 1. The van der Waals surface area contributed by atoms with Crippen LogP contribution in [0.2, 0.25) is 0 Å². The van der Waals surface area contributed by atoms with Crippen molar-refractivity contribution in [1.82, 2.24) is 4.90 Å². The maximum atomic E-state index is 13.2. The Morgan fingerprint density at radius 3 is 2.48 bits per heavy atom. The first-order valence-electron chi connectivity index (χ1n) is 10.7. The van der Waals surface area contributed by atoms with Crippen molar-refractivity contribution in [2.75, 3.05) is 18.5 Å². The summed E-state index contributed by atoms with van der Waals surface area (Å²) < 4.78 is 18.6. The third-order valence-corrected chi connectivity index (χ3v) is 6.11. The zero-order valence-electron chi connectivity index (χ0n) is 17.3. The molecule has 164 valence electrons. The van der Waals surface area contributed by atoms with E-state index < -0.39 is 12.1 Å². The van der Waals surface area contributed by atoms with Crippen molar-refractivity contribution in [3.63, 3.8) is 0 Å². The Morgan fingerprint density at radius 2 is 1.81 bits per heavy atom. The summed E-state index contributed by atoms with van der Waals surface area (Å²) >= 11 is 0. The molecule has 4 rings (SSSR count). The molecule has 2 aromatic rings. The molecule has 0 spiro atoms. The Bertz CT molecular complexity index is 910. The van der Waals surface area contributed by atoms with Gasteiger partial charge in [0.05, 0.1) is 12.6 Å². The van der Waals surface area contributed by atoms with Crippen LogP contribution in [0.5, 0.6) is 0 Å². The molecule has 1 heterocycles. The van der Waals surface area contributed by atoms with E-state index >= 15 is 0 Å². The lowest BCUT2D eigenvalue weighted by Crippen LogP contribution is -2.51. The summed E-state index contributed by atoms with van der Waals surface area (Å²) in [6.07, 6.45) is 3.11. The summed E-state index contributed by atoms with van der Waals surface area (Å²) in [5.74, 6) is -0.438. The van der Waals surface area contributed by atoms with E-state index in [1.807, 2.05) is 0 Å². The molecule has 31 heavy (non-hydrogen) atoms. The van der Waals surface area contributed by atoms with Crippen LogP contribution >= 0.6 is 0 Å². The number of hydrogen-bond donors (Lipinski definition) is 2. The molecule has 0 unspecified atom stereocenters. The molecule has 0 aromatic heterocycles. The first kappa shape index (κ1) is 21.5. The maximum Gasteiger partial charge on any atom is 0.249 e. The minimum Gasteiger partial charge on any atom is -0.386 e. The second kappa shape index (κ2) is 9.58. The number of ether oxygens (including phenoxy) is 1. The van der Waals surface area contributed by atoms with Crippen molar-refractivity contribution in [3.8, 4) is 0 Å². The van der Waals surface area contributed by atoms with E-state index in [1.54, 1.807) is 41.3 Å². The SMILES string of the molecule is O=C(Nc1ccc([C@@H](O)[C@H]2COCC(=O)N2Cc2ccc(F)cc2)cc1)C1CCCC1. The number of aliphatic hydroxyl groups excluding tert-OH is 1. The zero-order valence-corrected chi connectivity index (χ0v) is 17.3. The monoisotopic (exact) mass is 426 g/mol. The van der Waals surface area contributed by atoms with Gasteiger partial charge < -0.3 is 20.1 Å². The van der Waals surface area contributed by atoms with E-state index in [0.29, 0.717) is 11.3 Å². The zero-order chi connectivity index (χ0) is 21.8. The van der Waals surface area contributed by atoms with Gasteiger partial charge in [0.1, 0.15) is 18.5 Å². The first-order chi connectivity index (χ1) is 15.0. The highest BCUT2D eigenvalue weighted by molar-refractivity contribution is 5.92. The van der Waals surface area contributed by atoms with Crippen LogP contribution in [0.3, 0.4) is 0 Å². The molecule has 0 bridgehead atoms. The highest BCUT2D eigenvalue weighted by Gasteiger charge is 2.34. The van der Waals surface area contributed by atoms with E-state index in [0.717, 1.165) is 31.2 Å². The predicted octanol–water partition coefficient (Wildman–Crippen LogP) is 3.42. The summed E-state index contributed by atoms with van der Waals surface area (Å²) in [5, 5.41) is 13.9. The molecule has 2 aromatic carbocycles. The lowest BCUT2D eigenvalue weighted by atomic mass is 9.99. The third kappa shape index (κ3) is 5.11. The van der Waals surface area contributed by atoms with Crippen LogP contribution in [0.25, 0.3) is 0 Å². The van der Waals surface area contributed by atoms with Gasteiger partial charge in [-0.15, -0.1) is 0 Å². The lowest BCUT2D eigenvalue weighted by molar-refractivity contribution is -0.155. The van der Waals surface area contributed by atoms with Gasteiger partial charge in [0.25, 0.3) is 0 Å². The Labute approximate surface area is 181 Å². The molecule has 1 aliphatic heterocycles. The molecule has 2 N–H and O–H groups in total. The molecule has 2 amide bonds. The molecule has 1 saturated heterocycles. The number of morpholine rings is 1. The van der Waals surface area contributed by atoms with E-state index in [9.17, 15) is 19.1 Å². The van der Waals surface area contributed by atoms with Crippen molar-refractivity contribution >= 4 is 17.5 Å². The maximum absolute atomic E-state index is 13.2. The van der Waals surface area contributed by atoms with Gasteiger partial charge in [0.2, 0.25) is 11.8 Å². The number of amides is 2. The van der Waals surface area contributed by atoms with E-state index in [1.165, 1.54) is 12.1 Å². The minimum atomic E-state index is -0.954. The normalized spacial score (nSPS) is 20.6. The fourth-order valence-corrected chi connectivity index (χ4v) is 4.30. The molecule has 0 radical (unpaired) electrons. The molecule has 2 fully saturated rings. The summed E-state index contributed by atoms with van der Waals surface area (Å²) in [5.41, 5.74) is 2.09. The van der Waals surface area contributed by atoms with E-state index in [-0.39, 0.29) is 43.3 Å². The van der Waals surface area contributed by atoms with Gasteiger partial charge in [-0.3, -0.25) is 9.59 Å². The molecule has 1 saturated carbocycles. The van der Waals surface area contributed by atoms with Crippen LogP contribution in [0.1, 0.15) is 42.9 Å². The van der Waals surface area contributed by atoms with Crippen molar-refractivity contribution in [2.45, 2.75) is 44.4 Å². The van der Waals surface area contributed by atoms with Crippen molar-refractivity contribution < 1.29 is 23.8 Å². The molecule has 1 aliphatic carbocycles. The number of nitrogens with zero attached hydrogens (tertiary/aromatic N) is 1. The van der Waals surface area contributed by atoms with Crippen molar-refractivity contribution in [1.29, 1.82) is 0 Å². The van der Waals surface area contributed by atoms with Gasteiger partial charge in [-0.1, -0.05) is 37.1 Å². The molecular formula is C24H27FN2O4. The molecule has 7 heteroatoms. The van der Waals surface area contributed by atoms with E-state index in [4.69, 9.17) is 4.74 Å². The van der Waals surface area contributed by atoms with Crippen LogP contribution in [-0.2, 0) is 20.9 Å². The van der Waals surface area contributed by atoms with Gasteiger partial charge in [-0.25, -0.2) is 4.39 Å². The van der Waals surface area contributed by atoms with Gasteiger partial charge in [0, 0.05) is 18.2 Å². The summed E-state index contributed by atoms with van der Waals surface area (Å²) in [4.78, 5) is 26.4. The van der Waals surface area contributed by atoms with Gasteiger partial charge >= 0.3 is 0 Å². The summed E-state index contributed by atoms with van der Waals surface area (Å²) in [7, 11) is 0. The second-order valence-electron chi connectivity index (χ2n) is 8.27.